The Bertz CT molecular complexity index is 1090. The van der Waals surface area contributed by atoms with E-state index >= 15 is 0 Å². The van der Waals surface area contributed by atoms with Crippen molar-refractivity contribution in [3.63, 3.8) is 0 Å². The summed E-state index contributed by atoms with van der Waals surface area (Å²) in [4.78, 5) is 30.9. The summed E-state index contributed by atoms with van der Waals surface area (Å²) in [6.07, 6.45) is 0.980. The molecule has 1 unspecified atom stereocenters. The van der Waals surface area contributed by atoms with Gasteiger partial charge in [0.05, 0.1) is 30.2 Å². The van der Waals surface area contributed by atoms with Crippen LogP contribution < -0.4 is 15.8 Å². The molecule has 4 rings (SSSR count). The zero-order valence-corrected chi connectivity index (χ0v) is 16.9. The number of rotatable bonds is 5. The number of aryl methyl sites for hydroxylation is 2. The molecule has 1 aliphatic rings. The van der Waals surface area contributed by atoms with E-state index in [0.29, 0.717) is 23.3 Å². The predicted molar refractivity (Wildman–Crippen MR) is 113 cm³/mol. The van der Waals surface area contributed by atoms with E-state index in [1.807, 2.05) is 19.1 Å². The molecule has 2 heterocycles. The fourth-order valence-electron chi connectivity index (χ4n) is 4.20. The van der Waals surface area contributed by atoms with Gasteiger partial charge in [0.1, 0.15) is 12.2 Å². The van der Waals surface area contributed by atoms with Gasteiger partial charge in [-0.05, 0) is 32.0 Å². The predicted octanol–water partition coefficient (Wildman–Crippen LogP) is 1.31. The maximum atomic E-state index is 12.8. The highest BCUT2D eigenvalue weighted by Gasteiger charge is 2.27. The molecule has 0 spiro atoms. The molecule has 1 saturated heterocycles. The normalized spacial score (nSPS) is 18.8. The minimum atomic E-state index is -0.0790. The van der Waals surface area contributed by atoms with Crippen LogP contribution in [0.3, 0.4) is 0 Å². The van der Waals surface area contributed by atoms with E-state index < -0.39 is 0 Å². The number of quaternary nitrogens is 1. The smallest absolute Gasteiger partial charge is 0.272 e. The van der Waals surface area contributed by atoms with Gasteiger partial charge in [-0.2, -0.15) is 0 Å². The third-order valence-electron chi connectivity index (χ3n) is 5.70. The molecule has 0 bridgehead atoms. The van der Waals surface area contributed by atoms with Crippen LogP contribution in [0.4, 0.5) is 0 Å². The lowest BCUT2D eigenvalue weighted by Crippen LogP contribution is -3.09. The first-order valence-corrected chi connectivity index (χ1v) is 10.2. The zero-order valence-electron chi connectivity index (χ0n) is 16.9. The van der Waals surface area contributed by atoms with Crippen molar-refractivity contribution in [2.24, 2.45) is 0 Å². The summed E-state index contributed by atoms with van der Waals surface area (Å²) in [5.74, 6) is -0.0773. The van der Waals surface area contributed by atoms with E-state index in [4.69, 9.17) is 0 Å². The Morgan fingerprint density at radius 1 is 1.24 bits per heavy atom. The molecule has 1 amide bonds. The number of amides is 1. The number of nitrogens with zero attached hydrogens (tertiary/aromatic N) is 2. The van der Waals surface area contributed by atoms with Crippen LogP contribution in [0.25, 0.3) is 11.0 Å². The van der Waals surface area contributed by atoms with Crippen LogP contribution in [-0.4, -0.2) is 34.6 Å². The second-order valence-corrected chi connectivity index (χ2v) is 7.78. The van der Waals surface area contributed by atoms with Gasteiger partial charge in [0.2, 0.25) is 0 Å². The number of hydrogen-bond donors (Lipinski definition) is 2. The van der Waals surface area contributed by atoms with Crippen molar-refractivity contribution >= 4 is 16.9 Å². The van der Waals surface area contributed by atoms with Crippen molar-refractivity contribution in [3.8, 4) is 0 Å². The van der Waals surface area contributed by atoms with E-state index in [-0.39, 0.29) is 17.5 Å². The van der Waals surface area contributed by atoms with Crippen LogP contribution in [0.15, 0.2) is 53.3 Å². The van der Waals surface area contributed by atoms with Crippen molar-refractivity contribution < 1.29 is 9.69 Å². The molecule has 3 aromatic rings. The molecule has 1 aromatic heterocycles. The van der Waals surface area contributed by atoms with Gasteiger partial charge < -0.3 is 14.8 Å². The van der Waals surface area contributed by atoms with Crippen molar-refractivity contribution in [1.29, 1.82) is 0 Å². The van der Waals surface area contributed by atoms with Crippen LogP contribution in [0, 0.1) is 6.92 Å². The standard InChI is InChI=1S/C23H26N4O2/c1-3-27-21-10-9-18(13-20(21)24-16(2)23(27)29)22(28)25-19-11-12-26(15-19)14-17-7-5-4-6-8-17/h4-10,13,19H,3,11-12,14-15H2,1-2H3,(H,25,28)/p+1/t19-/m0/s1. The number of benzene rings is 2. The van der Waals surface area contributed by atoms with Crippen LogP contribution in [-0.2, 0) is 13.1 Å². The molecular formula is C23H27N4O2+. The van der Waals surface area contributed by atoms with Crippen molar-refractivity contribution in [2.45, 2.75) is 39.4 Å². The third kappa shape index (κ3) is 4.07. The van der Waals surface area contributed by atoms with E-state index in [9.17, 15) is 9.59 Å². The van der Waals surface area contributed by atoms with Crippen molar-refractivity contribution in [3.05, 3.63) is 75.7 Å². The van der Waals surface area contributed by atoms with Crippen LogP contribution >= 0.6 is 0 Å². The summed E-state index contributed by atoms with van der Waals surface area (Å²) in [6.45, 7) is 7.20. The highest BCUT2D eigenvalue weighted by molar-refractivity contribution is 5.97. The highest BCUT2D eigenvalue weighted by atomic mass is 16.1. The number of carbonyl (C=O) groups excluding carboxylic acids is 1. The molecule has 1 aliphatic heterocycles. The number of nitrogens with one attached hydrogen (secondary N) is 2. The highest BCUT2D eigenvalue weighted by Crippen LogP contribution is 2.14. The lowest BCUT2D eigenvalue weighted by Gasteiger charge is -2.15. The van der Waals surface area contributed by atoms with Gasteiger partial charge in [0.25, 0.3) is 11.5 Å². The second kappa shape index (κ2) is 8.17. The Hall–Kier alpha value is -2.99. The topological polar surface area (TPSA) is 68.4 Å². The maximum Gasteiger partial charge on any atom is 0.272 e. The Morgan fingerprint density at radius 2 is 2.03 bits per heavy atom. The molecule has 29 heavy (non-hydrogen) atoms. The molecule has 0 radical (unpaired) electrons. The second-order valence-electron chi connectivity index (χ2n) is 7.78. The van der Waals surface area contributed by atoms with Crippen molar-refractivity contribution in [1.82, 2.24) is 14.9 Å². The van der Waals surface area contributed by atoms with Gasteiger partial charge in [-0.25, -0.2) is 4.98 Å². The first kappa shape index (κ1) is 19.3. The van der Waals surface area contributed by atoms with Gasteiger partial charge >= 0.3 is 0 Å². The average Bonchev–Trinajstić information content (AvgIpc) is 3.16. The molecular weight excluding hydrogens is 364 g/mol. The molecule has 2 aromatic carbocycles. The quantitative estimate of drug-likeness (QED) is 0.689. The largest absolute Gasteiger partial charge is 0.343 e. The maximum absolute atomic E-state index is 12.8. The monoisotopic (exact) mass is 391 g/mol. The molecule has 6 nitrogen and oxygen atoms in total. The van der Waals surface area contributed by atoms with Gasteiger partial charge in [0, 0.05) is 24.1 Å². The molecule has 150 valence electrons. The van der Waals surface area contributed by atoms with E-state index in [0.717, 1.165) is 31.6 Å². The number of carbonyl (C=O) groups is 1. The van der Waals surface area contributed by atoms with Gasteiger partial charge in [-0.3, -0.25) is 9.59 Å². The number of aromatic nitrogens is 2. The van der Waals surface area contributed by atoms with E-state index in [1.54, 1.807) is 23.6 Å². The molecule has 6 heteroatoms. The molecule has 0 saturated carbocycles. The van der Waals surface area contributed by atoms with Gasteiger partial charge in [-0.15, -0.1) is 0 Å². The average molecular weight is 391 g/mol. The van der Waals surface area contributed by atoms with Crippen LogP contribution in [0.5, 0.6) is 0 Å². The third-order valence-corrected chi connectivity index (χ3v) is 5.70. The summed E-state index contributed by atoms with van der Waals surface area (Å²) >= 11 is 0. The Balaban J connectivity index is 1.45. The van der Waals surface area contributed by atoms with E-state index in [1.165, 1.54) is 10.5 Å². The minimum Gasteiger partial charge on any atom is -0.343 e. The van der Waals surface area contributed by atoms with Crippen molar-refractivity contribution in [2.75, 3.05) is 13.1 Å². The lowest BCUT2D eigenvalue weighted by atomic mass is 10.1. The summed E-state index contributed by atoms with van der Waals surface area (Å²) in [5, 5.41) is 3.17. The Morgan fingerprint density at radius 3 is 2.79 bits per heavy atom. The molecule has 2 N–H and O–H groups in total. The fourth-order valence-corrected chi connectivity index (χ4v) is 4.20. The first-order chi connectivity index (χ1) is 14.0. The lowest BCUT2D eigenvalue weighted by molar-refractivity contribution is -0.901. The summed E-state index contributed by atoms with van der Waals surface area (Å²) in [7, 11) is 0. The zero-order chi connectivity index (χ0) is 20.4. The number of hydrogen-bond acceptors (Lipinski definition) is 3. The van der Waals surface area contributed by atoms with Gasteiger partial charge in [0.15, 0.2) is 0 Å². The van der Waals surface area contributed by atoms with Crippen LogP contribution in [0.1, 0.15) is 35.0 Å². The van der Waals surface area contributed by atoms with Gasteiger partial charge in [-0.1, -0.05) is 30.3 Å². The first-order valence-electron chi connectivity index (χ1n) is 10.2. The Kier molecular flexibility index (Phi) is 5.45. The number of fused-ring (bicyclic) bond motifs is 1. The Labute approximate surface area is 170 Å². The molecule has 1 fully saturated rings. The summed E-state index contributed by atoms with van der Waals surface area (Å²) in [5.41, 5.74) is 3.73. The van der Waals surface area contributed by atoms with E-state index in [2.05, 4.69) is 34.6 Å². The van der Waals surface area contributed by atoms with Crippen LogP contribution in [0.2, 0.25) is 0 Å². The summed E-state index contributed by atoms with van der Waals surface area (Å²) in [6, 6.07) is 16.0. The summed E-state index contributed by atoms with van der Waals surface area (Å²) < 4.78 is 1.70. The minimum absolute atomic E-state index is 0.0773. The number of likely N-dealkylation sites (tertiary alicyclic amines) is 1. The molecule has 0 aliphatic carbocycles. The fraction of sp³-hybridized carbons (Fsp3) is 0.348. The molecule has 2 atom stereocenters. The SMILES string of the molecule is CCn1c(=O)c(C)nc2cc(C(=O)N[C@H]3CC[NH+](Cc4ccccc4)C3)ccc21.